The van der Waals surface area contributed by atoms with Gasteiger partial charge in [0, 0.05) is 10.5 Å². The van der Waals surface area contributed by atoms with Gasteiger partial charge in [-0.1, -0.05) is 54.6 Å². The van der Waals surface area contributed by atoms with Gasteiger partial charge in [0.2, 0.25) is 0 Å². The van der Waals surface area contributed by atoms with Crippen molar-refractivity contribution in [3.8, 4) is 0 Å². The summed E-state index contributed by atoms with van der Waals surface area (Å²) in [5.41, 5.74) is 6.98. The summed E-state index contributed by atoms with van der Waals surface area (Å²) < 4.78 is 0. The van der Waals surface area contributed by atoms with Crippen LogP contribution in [0.4, 0.5) is 0 Å². The van der Waals surface area contributed by atoms with Crippen molar-refractivity contribution < 1.29 is 0 Å². The van der Waals surface area contributed by atoms with Crippen molar-refractivity contribution in [2.24, 2.45) is 0 Å². The quantitative estimate of drug-likeness (QED) is 0.559. The second-order valence-electron chi connectivity index (χ2n) is 5.40. The summed E-state index contributed by atoms with van der Waals surface area (Å²) in [5.74, 6) is 0. The van der Waals surface area contributed by atoms with Crippen molar-refractivity contribution in [2.75, 3.05) is 0 Å². The van der Waals surface area contributed by atoms with E-state index in [0.29, 0.717) is 0 Å². The van der Waals surface area contributed by atoms with Crippen LogP contribution in [0.2, 0.25) is 0 Å². The van der Waals surface area contributed by atoms with Crippen LogP contribution in [0.25, 0.3) is 11.6 Å². The molecular weight excluding hydrogens is 272 g/mol. The molecule has 0 fully saturated rings. The van der Waals surface area contributed by atoms with Crippen LogP contribution < -0.4 is 0 Å². The Kier molecular flexibility index (Phi) is 3.21. The summed E-state index contributed by atoms with van der Waals surface area (Å²) >= 11 is 1.86. The first kappa shape index (κ1) is 12.6. The topological polar surface area (TPSA) is 0 Å². The molecule has 2 aromatic carbocycles. The van der Waals surface area contributed by atoms with Gasteiger partial charge < -0.3 is 0 Å². The molecule has 1 heterocycles. The molecule has 0 saturated heterocycles. The van der Waals surface area contributed by atoms with Gasteiger partial charge in [0.15, 0.2) is 0 Å². The normalized spacial score (nSPS) is 15.3. The lowest BCUT2D eigenvalue weighted by molar-refractivity contribution is 0.970. The average molecular weight is 288 g/mol. The lowest BCUT2D eigenvalue weighted by atomic mass is 9.97. The lowest BCUT2D eigenvalue weighted by Gasteiger charge is -2.09. The molecule has 0 aliphatic heterocycles. The third-order valence-electron chi connectivity index (χ3n) is 4.07. The molecule has 0 nitrogen and oxygen atoms in total. The fourth-order valence-electron chi connectivity index (χ4n) is 3.02. The molecule has 1 aromatic heterocycles. The molecule has 1 aliphatic rings. The number of aryl methyl sites for hydroxylation is 2. The molecular formula is C20H16S. The molecule has 0 radical (unpaired) electrons. The molecule has 1 heteroatoms. The Morgan fingerprint density at radius 2 is 1.52 bits per heavy atom. The van der Waals surface area contributed by atoms with Crippen molar-refractivity contribution in [1.29, 1.82) is 0 Å². The maximum atomic E-state index is 2.33. The maximum absolute atomic E-state index is 2.33. The van der Waals surface area contributed by atoms with E-state index < -0.39 is 0 Å². The van der Waals surface area contributed by atoms with Crippen LogP contribution in [0.15, 0.2) is 66.0 Å². The second-order valence-corrected chi connectivity index (χ2v) is 6.32. The molecule has 1 aliphatic carbocycles. The number of rotatable bonds is 1. The Bertz CT molecular complexity index is 793. The van der Waals surface area contributed by atoms with E-state index in [1.807, 2.05) is 11.3 Å². The van der Waals surface area contributed by atoms with E-state index in [9.17, 15) is 0 Å². The monoisotopic (exact) mass is 288 g/mol. The Labute approximate surface area is 129 Å². The zero-order valence-corrected chi connectivity index (χ0v) is 12.6. The summed E-state index contributed by atoms with van der Waals surface area (Å²) in [6, 6.07) is 21.7. The number of hydrogen-bond acceptors (Lipinski definition) is 1. The molecule has 0 unspecified atom stereocenters. The number of benzene rings is 2. The van der Waals surface area contributed by atoms with Gasteiger partial charge in [-0.3, -0.25) is 0 Å². The van der Waals surface area contributed by atoms with Gasteiger partial charge in [-0.05, 0) is 52.6 Å². The molecule has 0 saturated carbocycles. The van der Waals surface area contributed by atoms with Crippen LogP contribution in [0.1, 0.15) is 27.1 Å². The minimum absolute atomic E-state index is 1.13. The molecule has 102 valence electrons. The second kappa shape index (κ2) is 5.34. The van der Waals surface area contributed by atoms with Gasteiger partial charge in [0.1, 0.15) is 0 Å². The van der Waals surface area contributed by atoms with Crippen molar-refractivity contribution in [1.82, 2.24) is 0 Å². The van der Waals surface area contributed by atoms with Crippen LogP contribution in [-0.4, -0.2) is 0 Å². The Hall–Kier alpha value is -2.12. The fraction of sp³-hybridized carbons (Fsp3) is 0.100. The van der Waals surface area contributed by atoms with E-state index in [4.69, 9.17) is 0 Å². The minimum Gasteiger partial charge on any atom is -0.144 e. The highest BCUT2D eigenvalue weighted by molar-refractivity contribution is 7.11. The predicted octanol–water partition coefficient (Wildman–Crippen LogP) is 5.44. The maximum Gasteiger partial charge on any atom is 0.0381 e. The number of hydrogen-bond donors (Lipinski definition) is 0. The van der Waals surface area contributed by atoms with Crippen LogP contribution >= 0.6 is 11.3 Å². The average Bonchev–Trinajstić information content (AvgIpc) is 2.95. The lowest BCUT2D eigenvalue weighted by Crippen LogP contribution is -1.91. The Morgan fingerprint density at radius 1 is 0.762 bits per heavy atom. The van der Waals surface area contributed by atoms with Crippen molar-refractivity contribution in [3.63, 3.8) is 0 Å². The Balaban J connectivity index is 1.96. The SMILES string of the molecule is C(=C1/c2ccccc2CCc2ccsc21)/c1ccccc1. The Morgan fingerprint density at radius 3 is 2.43 bits per heavy atom. The highest BCUT2D eigenvalue weighted by Gasteiger charge is 2.18. The van der Waals surface area contributed by atoms with Gasteiger partial charge in [-0.25, -0.2) is 0 Å². The molecule has 4 rings (SSSR count). The molecule has 0 atom stereocenters. The number of thiophene rings is 1. The van der Waals surface area contributed by atoms with Crippen LogP contribution in [-0.2, 0) is 12.8 Å². The summed E-state index contributed by atoms with van der Waals surface area (Å²) in [7, 11) is 0. The van der Waals surface area contributed by atoms with Gasteiger partial charge in [0.25, 0.3) is 0 Å². The van der Waals surface area contributed by atoms with E-state index in [2.05, 4.69) is 72.1 Å². The standard InChI is InChI=1S/C20H16S/c1-2-6-15(7-3-1)14-19-18-9-5-4-8-16(18)10-11-17-12-13-21-20(17)19/h1-9,12-14H,10-11H2/b19-14+. The zero-order valence-electron chi connectivity index (χ0n) is 11.8. The first-order chi connectivity index (χ1) is 10.4. The molecule has 0 N–H and O–H groups in total. The van der Waals surface area contributed by atoms with Gasteiger partial charge >= 0.3 is 0 Å². The molecule has 0 spiro atoms. The highest BCUT2D eigenvalue weighted by atomic mass is 32.1. The van der Waals surface area contributed by atoms with E-state index in [1.54, 1.807) is 0 Å². The van der Waals surface area contributed by atoms with Crippen molar-refractivity contribution in [3.05, 3.63) is 93.2 Å². The highest BCUT2D eigenvalue weighted by Crippen LogP contribution is 2.37. The van der Waals surface area contributed by atoms with E-state index in [-0.39, 0.29) is 0 Å². The third kappa shape index (κ3) is 2.34. The van der Waals surface area contributed by atoms with Crippen LogP contribution in [0.5, 0.6) is 0 Å². The van der Waals surface area contributed by atoms with Crippen LogP contribution in [0, 0.1) is 0 Å². The fourth-order valence-corrected chi connectivity index (χ4v) is 4.01. The summed E-state index contributed by atoms with van der Waals surface area (Å²) in [4.78, 5) is 1.43. The van der Waals surface area contributed by atoms with Gasteiger partial charge in [0.05, 0.1) is 0 Å². The summed E-state index contributed by atoms with van der Waals surface area (Å²) in [6.45, 7) is 0. The first-order valence-electron chi connectivity index (χ1n) is 7.33. The minimum atomic E-state index is 1.13. The van der Waals surface area contributed by atoms with E-state index in [0.717, 1.165) is 12.8 Å². The molecule has 0 bridgehead atoms. The van der Waals surface area contributed by atoms with Crippen LogP contribution in [0.3, 0.4) is 0 Å². The third-order valence-corrected chi connectivity index (χ3v) is 5.06. The molecule has 21 heavy (non-hydrogen) atoms. The summed E-state index contributed by atoms with van der Waals surface area (Å²) in [5, 5.41) is 2.22. The smallest absolute Gasteiger partial charge is 0.0381 e. The van der Waals surface area contributed by atoms with E-state index in [1.165, 1.54) is 32.7 Å². The predicted molar refractivity (Wildman–Crippen MR) is 91.6 cm³/mol. The largest absolute Gasteiger partial charge is 0.144 e. The van der Waals surface area contributed by atoms with Crippen molar-refractivity contribution in [2.45, 2.75) is 12.8 Å². The molecule has 0 amide bonds. The first-order valence-corrected chi connectivity index (χ1v) is 8.21. The van der Waals surface area contributed by atoms with E-state index >= 15 is 0 Å². The summed E-state index contributed by atoms with van der Waals surface area (Å²) in [6.07, 6.45) is 4.60. The van der Waals surface area contributed by atoms with Gasteiger partial charge in [-0.2, -0.15) is 0 Å². The van der Waals surface area contributed by atoms with Gasteiger partial charge in [-0.15, -0.1) is 11.3 Å². The van der Waals surface area contributed by atoms with Crippen molar-refractivity contribution >= 4 is 23.0 Å². The molecule has 3 aromatic rings. The zero-order chi connectivity index (χ0) is 14.1. The number of fused-ring (bicyclic) bond motifs is 2.